The zero-order valence-corrected chi connectivity index (χ0v) is 11.7. The first-order valence-corrected chi connectivity index (χ1v) is 6.38. The lowest BCUT2D eigenvalue weighted by Crippen LogP contribution is -2.41. The van der Waals surface area contributed by atoms with Crippen LogP contribution in [0, 0.1) is 5.82 Å². The Kier molecular flexibility index (Phi) is 3.68. The Labute approximate surface area is 113 Å². The van der Waals surface area contributed by atoms with Crippen molar-refractivity contribution < 1.29 is 18.8 Å². The van der Waals surface area contributed by atoms with E-state index in [9.17, 15) is 4.39 Å². The molecule has 1 aromatic heterocycles. The highest BCUT2D eigenvalue weighted by Gasteiger charge is 2.52. The minimum atomic E-state index is -0.682. The standard InChI is InChI=1S/C13H19BFNO3/c1-12(2)13(3,4)19-14(18-12)11-8-9(15)7-10(16-11)5-6-17/h7-8,17H,5-6H2,1-4H3. The normalized spacial score (nSPS) is 20.8. The Morgan fingerprint density at radius 2 is 1.79 bits per heavy atom. The summed E-state index contributed by atoms with van der Waals surface area (Å²) in [7, 11) is -0.682. The maximum atomic E-state index is 13.6. The predicted molar refractivity (Wildman–Crippen MR) is 70.7 cm³/mol. The van der Waals surface area contributed by atoms with Gasteiger partial charge in [0.1, 0.15) is 5.82 Å². The molecule has 0 aromatic carbocycles. The fourth-order valence-corrected chi connectivity index (χ4v) is 1.90. The van der Waals surface area contributed by atoms with Crippen LogP contribution < -0.4 is 5.59 Å². The van der Waals surface area contributed by atoms with Crippen molar-refractivity contribution in [2.24, 2.45) is 0 Å². The van der Waals surface area contributed by atoms with Crippen molar-refractivity contribution >= 4 is 12.7 Å². The molecule has 1 fully saturated rings. The topological polar surface area (TPSA) is 51.6 Å². The summed E-state index contributed by atoms with van der Waals surface area (Å²) in [5.41, 5.74) is -0.0691. The molecule has 1 N–H and O–H groups in total. The molecule has 1 aliphatic heterocycles. The molecule has 0 aliphatic carbocycles. The number of rotatable bonds is 3. The lowest BCUT2D eigenvalue weighted by Gasteiger charge is -2.32. The first kappa shape index (κ1) is 14.4. The summed E-state index contributed by atoms with van der Waals surface area (Å²) in [5, 5.41) is 8.91. The second kappa shape index (κ2) is 4.85. The molecule has 4 nitrogen and oxygen atoms in total. The lowest BCUT2D eigenvalue weighted by molar-refractivity contribution is 0.00578. The second-order valence-electron chi connectivity index (χ2n) is 5.76. The van der Waals surface area contributed by atoms with Crippen LogP contribution in [-0.2, 0) is 15.7 Å². The molecule has 19 heavy (non-hydrogen) atoms. The third-order valence-electron chi connectivity index (χ3n) is 3.73. The minimum absolute atomic E-state index is 0.0702. The molecule has 104 valence electrons. The maximum absolute atomic E-state index is 13.6. The Bertz CT molecular complexity index is 463. The van der Waals surface area contributed by atoms with Gasteiger partial charge in [-0.15, -0.1) is 0 Å². The van der Waals surface area contributed by atoms with E-state index in [1.54, 1.807) is 0 Å². The highest BCUT2D eigenvalue weighted by molar-refractivity contribution is 6.61. The number of aliphatic hydroxyl groups is 1. The van der Waals surface area contributed by atoms with Crippen LogP contribution >= 0.6 is 0 Å². The summed E-state index contributed by atoms with van der Waals surface area (Å²) in [5.74, 6) is -0.400. The van der Waals surface area contributed by atoms with E-state index in [1.807, 2.05) is 27.7 Å². The number of hydrogen-bond donors (Lipinski definition) is 1. The first-order valence-electron chi connectivity index (χ1n) is 6.38. The van der Waals surface area contributed by atoms with Crippen molar-refractivity contribution in [2.45, 2.75) is 45.3 Å². The summed E-state index contributed by atoms with van der Waals surface area (Å²) in [6.45, 7) is 7.66. The molecule has 1 aliphatic rings. The fourth-order valence-electron chi connectivity index (χ4n) is 1.90. The molecular weight excluding hydrogens is 248 g/mol. The van der Waals surface area contributed by atoms with E-state index in [0.717, 1.165) is 0 Å². The first-order chi connectivity index (χ1) is 8.75. The molecule has 0 bridgehead atoms. The third-order valence-corrected chi connectivity index (χ3v) is 3.73. The summed E-state index contributed by atoms with van der Waals surface area (Å²) in [6.07, 6.45) is 0.310. The molecule has 2 heterocycles. The van der Waals surface area contributed by atoms with Crippen molar-refractivity contribution in [3.63, 3.8) is 0 Å². The molecule has 2 rings (SSSR count). The average molecular weight is 267 g/mol. The Morgan fingerprint density at radius 3 is 2.32 bits per heavy atom. The summed E-state index contributed by atoms with van der Waals surface area (Å²) >= 11 is 0. The van der Waals surface area contributed by atoms with Crippen LogP contribution in [0.1, 0.15) is 33.4 Å². The van der Waals surface area contributed by atoms with Gasteiger partial charge in [0.25, 0.3) is 0 Å². The van der Waals surface area contributed by atoms with Gasteiger partial charge in [-0.3, -0.25) is 4.98 Å². The van der Waals surface area contributed by atoms with E-state index in [-0.39, 0.29) is 6.61 Å². The highest BCUT2D eigenvalue weighted by Crippen LogP contribution is 2.36. The van der Waals surface area contributed by atoms with Crippen molar-refractivity contribution in [1.29, 1.82) is 0 Å². The van der Waals surface area contributed by atoms with Crippen LogP contribution in [0.3, 0.4) is 0 Å². The van der Waals surface area contributed by atoms with Gasteiger partial charge in [-0.05, 0) is 39.8 Å². The van der Waals surface area contributed by atoms with Gasteiger partial charge in [-0.25, -0.2) is 4.39 Å². The van der Waals surface area contributed by atoms with Crippen molar-refractivity contribution in [2.75, 3.05) is 6.61 Å². The van der Waals surface area contributed by atoms with Gasteiger partial charge in [0.2, 0.25) is 0 Å². The number of pyridine rings is 1. The third kappa shape index (κ3) is 2.80. The number of aromatic nitrogens is 1. The SMILES string of the molecule is CC1(C)OB(c2cc(F)cc(CCO)n2)OC1(C)C. The number of hydrogen-bond acceptors (Lipinski definition) is 4. The van der Waals surface area contributed by atoms with E-state index in [4.69, 9.17) is 14.4 Å². The van der Waals surface area contributed by atoms with E-state index >= 15 is 0 Å². The molecular formula is C13H19BFNO3. The number of aliphatic hydroxyl groups excluding tert-OH is 1. The zero-order valence-electron chi connectivity index (χ0n) is 11.7. The van der Waals surface area contributed by atoms with Crippen LogP contribution in [-0.4, -0.2) is 35.0 Å². The van der Waals surface area contributed by atoms with Crippen molar-refractivity contribution in [3.8, 4) is 0 Å². The quantitative estimate of drug-likeness (QED) is 0.832. The smallest absolute Gasteiger partial charge is 0.398 e. The summed E-state index contributed by atoms with van der Waals surface area (Å²) < 4.78 is 25.2. The zero-order chi connectivity index (χ0) is 14.3. The van der Waals surface area contributed by atoms with Gasteiger partial charge in [-0.1, -0.05) is 0 Å². The predicted octanol–water partition coefficient (Wildman–Crippen LogP) is 1.05. The average Bonchev–Trinajstić information content (AvgIpc) is 2.48. The van der Waals surface area contributed by atoms with Crippen LogP contribution in [0.15, 0.2) is 12.1 Å². The second-order valence-corrected chi connectivity index (χ2v) is 5.76. The monoisotopic (exact) mass is 267 g/mol. The van der Waals surface area contributed by atoms with Gasteiger partial charge in [-0.2, -0.15) is 0 Å². The van der Waals surface area contributed by atoms with Crippen LogP contribution in [0.2, 0.25) is 0 Å². The van der Waals surface area contributed by atoms with Gasteiger partial charge in [0, 0.05) is 18.7 Å². The minimum Gasteiger partial charge on any atom is -0.398 e. The fraction of sp³-hybridized carbons (Fsp3) is 0.615. The van der Waals surface area contributed by atoms with Crippen LogP contribution in [0.25, 0.3) is 0 Å². The molecule has 0 atom stereocenters. The Morgan fingerprint density at radius 1 is 1.21 bits per heavy atom. The van der Waals surface area contributed by atoms with E-state index < -0.39 is 24.1 Å². The maximum Gasteiger partial charge on any atom is 0.514 e. The largest absolute Gasteiger partial charge is 0.514 e. The lowest BCUT2D eigenvalue weighted by atomic mass is 9.84. The molecule has 0 unspecified atom stereocenters. The summed E-state index contributed by atoms with van der Waals surface area (Å²) in [6, 6.07) is 2.62. The van der Waals surface area contributed by atoms with E-state index in [0.29, 0.717) is 17.7 Å². The van der Waals surface area contributed by atoms with Gasteiger partial charge in [0.05, 0.1) is 16.8 Å². The number of nitrogens with zero attached hydrogens (tertiary/aromatic N) is 1. The van der Waals surface area contributed by atoms with Crippen molar-refractivity contribution in [3.05, 3.63) is 23.6 Å². The molecule has 0 saturated carbocycles. The molecule has 1 saturated heterocycles. The molecule has 1 aromatic rings. The van der Waals surface area contributed by atoms with Crippen LogP contribution in [0.5, 0.6) is 0 Å². The van der Waals surface area contributed by atoms with Gasteiger partial charge >= 0.3 is 7.12 Å². The highest BCUT2D eigenvalue weighted by atomic mass is 19.1. The number of halogens is 1. The molecule has 0 radical (unpaired) electrons. The molecule has 0 amide bonds. The van der Waals surface area contributed by atoms with Crippen molar-refractivity contribution in [1.82, 2.24) is 4.98 Å². The molecule has 6 heteroatoms. The Hall–Kier alpha value is -0.975. The van der Waals surface area contributed by atoms with Gasteiger partial charge in [0.15, 0.2) is 0 Å². The van der Waals surface area contributed by atoms with Crippen LogP contribution in [0.4, 0.5) is 4.39 Å². The molecule has 0 spiro atoms. The van der Waals surface area contributed by atoms with E-state index in [2.05, 4.69) is 4.98 Å². The summed E-state index contributed by atoms with van der Waals surface area (Å²) in [4.78, 5) is 4.29. The van der Waals surface area contributed by atoms with Gasteiger partial charge < -0.3 is 14.4 Å². The van der Waals surface area contributed by atoms with E-state index in [1.165, 1.54) is 12.1 Å². The Balaban J connectivity index is 2.29.